The fourth-order valence-corrected chi connectivity index (χ4v) is 4.70. The Bertz CT molecular complexity index is 1030. The van der Waals surface area contributed by atoms with Crippen molar-refractivity contribution in [2.45, 2.75) is 32.7 Å². The van der Waals surface area contributed by atoms with Gasteiger partial charge in [-0.25, -0.2) is 9.97 Å². The highest BCUT2D eigenvalue weighted by molar-refractivity contribution is 5.83. The van der Waals surface area contributed by atoms with Gasteiger partial charge in [0.2, 0.25) is 5.91 Å². The van der Waals surface area contributed by atoms with E-state index in [1.165, 1.54) is 16.7 Å². The number of benzene rings is 2. The molecule has 3 aromatic rings. The number of rotatable bonds is 7. The summed E-state index contributed by atoms with van der Waals surface area (Å²) in [5.41, 5.74) is 4.31. The van der Waals surface area contributed by atoms with Crippen molar-refractivity contribution in [2.24, 2.45) is 5.41 Å². The van der Waals surface area contributed by atoms with Crippen LogP contribution in [0.2, 0.25) is 0 Å². The molecular formula is C27H32N4O. The van der Waals surface area contributed by atoms with Crippen LogP contribution in [0, 0.1) is 5.41 Å². The van der Waals surface area contributed by atoms with E-state index < -0.39 is 5.41 Å². The lowest BCUT2D eigenvalue weighted by atomic mass is 9.79. The van der Waals surface area contributed by atoms with E-state index in [2.05, 4.69) is 70.3 Å². The van der Waals surface area contributed by atoms with E-state index >= 15 is 0 Å². The molecule has 0 saturated carbocycles. The van der Waals surface area contributed by atoms with Crippen LogP contribution in [0.4, 0.5) is 0 Å². The summed E-state index contributed by atoms with van der Waals surface area (Å²) in [5, 5.41) is 0. The van der Waals surface area contributed by atoms with Gasteiger partial charge >= 0.3 is 0 Å². The molecule has 5 heteroatoms. The first-order valence-corrected chi connectivity index (χ1v) is 11.4. The van der Waals surface area contributed by atoms with E-state index in [0.29, 0.717) is 0 Å². The van der Waals surface area contributed by atoms with Gasteiger partial charge in [0, 0.05) is 51.6 Å². The fraction of sp³-hybridized carbons (Fsp3) is 0.370. The molecule has 32 heavy (non-hydrogen) atoms. The third kappa shape index (κ3) is 4.89. The largest absolute Gasteiger partial charge is 0.348 e. The number of aryl methyl sites for hydroxylation is 1. The maximum absolute atomic E-state index is 13.3. The minimum absolute atomic E-state index is 0.213. The molecule has 1 aliphatic rings. The molecule has 1 fully saturated rings. The molecule has 2 heterocycles. The Kier molecular flexibility index (Phi) is 6.66. The number of aromatic nitrogens is 2. The highest BCUT2D eigenvalue weighted by Crippen LogP contribution is 2.37. The highest BCUT2D eigenvalue weighted by atomic mass is 16.2. The number of nitrogens with zero attached hydrogens (tertiary/aromatic N) is 4. The summed E-state index contributed by atoms with van der Waals surface area (Å²) < 4.78 is 0. The van der Waals surface area contributed by atoms with Crippen molar-refractivity contribution in [1.29, 1.82) is 0 Å². The highest BCUT2D eigenvalue weighted by Gasteiger charge is 2.45. The van der Waals surface area contributed by atoms with E-state index in [1.54, 1.807) is 4.90 Å². The van der Waals surface area contributed by atoms with Gasteiger partial charge < -0.3 is 4.90 Å². The van der Waals surface area contributed by atoms with Crippen molar-refractivity contribution in [1.82, 2.24) is 19.8 Å². The SMILES string of the molecule is CCc1ncc(CN2CC[C@@](Cc3ccc(-c4ccccc4)cc3)(C(=O)N(C)C)C2)cn1. The lowest BCUT2D eigenvalue weighted by molar-refractivity contribution is -0.138. The Hall–Kier alpha value is -3.05. The number of hydrogen-bond acceptors (Lipinski definition) is 4. The third-order valence-corrected chi connectivity index (χ3v) is 6.38. The molecule has 5 nitrogen and oxygen atoms in total. The molecule has 1 aromatic heterocycles. The van der Waals surface area contributed by atoms with E-state index in [-0.39, 0.29) is 5.91 Å². The van der Waals surface area contributed by atoms with Crippen molar-refractivity contribution in [2.75, 3.05) is 27.2 Å². The van der Waals surface area contributed by atoms with Gasteiger partial charge in [-0.15, -0.1) is 0 Å². The van der Waals surface area contributed by atoms with Crippen molar-refractivity contribution >= 4 is 5.91 Å². The summed E-state index contributed by atoms with van der Waals surface area (Å²) in [6, 6.07) is 19.1. The fourth-order valence-electron chi connectivity index (χ4n) is 4.70. The van der Waals surface area contributed by atoms with Gasteiger partial charge in [0.05, 0.1) is 5.41 Å². The molecule has 0 N–H and O–H groups in total. The van der Waals surface area contributed by atoms with Gasteiger partial charge in [0.15, 0.2) is 0 Å². The molecular weight excluding hydrogens is 396 g/mol. The quantitative estimate of drug-likeness (QED) is 0.565. The van der Waals surface area contributed by atoms with Crippen LogP contribution >= 0.6 is 0 Å². The normalized spacial score (nSPS) is 18.6. The van der Waals surface area contributed by atoms with E-state index in [1.807, 2.05) is 32.6 Å². The Balaban J connectivity index is 1.50. The molecule has 4 rings (SSSR count). The van der Waals surface area contributed by atoms with Crippen LogP contribution in [0.5, 0.6) is 0 Å². The van der Waals surface area contributed by atoms with Crippen LogP contribution in [-0.2, 0) is 24.2 Å². The number of likely N-dealkylation sites (tertiary alicyclic amines) is 1. The van der Waals surface area contributed by atoms with Crippen molar-refractivity contribution < 1.29 is 4.79 Å². The molecule has 166 valence electrons. The van der Waals surface area contributed by atoms with Crippen molar-refractivity contribution in [3.8, 4) is 11.1 Å². The Morgan fingerprint density at radius 2 is 1.62 bits per heavy atom. The topological polar surface area (TPSA) is 49.3 Å². The zero-order valence-electron chi connectivity index (χ0n) is 19.3. The summed E-state index contributed by atoms with van der Waals surface area (Å²) in [6.07, 6.45) is 6.29. The Labute approximate surface area is 191 Å². The lowest BCUT2D eigenvalue weighted by Gasteiger charge is -2.31. The number of hydrogen-bond donors (Lipinski definition) is 0. The second-order valence-corrected chi connectivity index (χ2v) is 9.04. The number of carbonyl (C=O) groups is 1. The maximum atomic E-state index is 13.3. The van der Waals surface area contributed by atoms with E-state index in [9.17, 15) is 4.79 Å². The van der Waals surface area contributed by atoms with Crippen LogP contribution in [0.1, 0.15) is 30.3 Å². The summed E-state index contributed by atoms with van der Waals surface area (Å²) >= 11 is 0. The monoisotopic (exact) mass is 428 g/mol. The van der Waals surface area contributed by atoms with Gasteiger partial charge in [-0.1, -0.05) is 61.5 Å². The molecule has 1 atom stereocenters. The molecule has 1 saturated heterocycles. The smallest absolute Gasteiger partial charge is 0.229 e. The van der Waals surface area contributed by atoms with Gasteiger partial charge in [0.25, 0.3) is 0 Å². The second-order valence-electron chi connectivity index (χ2n) is 9.04. The van der Waals surface area contributed by atoms with Crippen LogP contribution in [0.15, 0.2) is 67.0 Å². The molecule has 0 spiro atoms. The van der Waals surface area contributed by atoms with Gasteiger partial charge in [-0.05, 0) is 36.1 Å². The van der Waals surface area contributed by atoms with Gasteiger partial charge in [0.1, 0.15) is 5.82 Å². The number of carbonyl (C=O) groups excluding carboxylic acids is 1. The Morgan fingerprint density at radius 1 is 0.969 bits per heavy atom. The van der Waals surface area contributed by atoms with Crippen LogP contribution in [-0.4, -0.2) is 52.9 Å². The minimum atomic E-state index is -0.401. The first-order chi connectivity index (χ1) is 15.5. The molecule has 2 aromatic carbocycles. The lowest BCUT2D eigenvalue weighted by Crippen LogP contribution is -2.43. The van der Waals surface area contributed by atoms with E-state index in [4.69, 9.17) is 0 Å². The predicted octanol–water partition coefficient (Wildman–Crippen LogP) is 4.23. The van der Waals surface area contributed by atoms with Crippen LogP contribution in [0.3, 0.4) is 0 Å². The molecule has 1 amide bonds. The summed E-state index contributed by atoms with van der Waals surface area (Å²) in [7, 11) is 3.73. The Morgan fingerprint density at radius 3 is 2.25 bits per heavy atom. The molecule has 0 aliphatic carbocycles. The first kappa shape index (κ1) is 22.2. The molecule has 0 bridgehead atoms. The maximum Gasteiger partial charge on any atom is 0.229 e. The summed E-state index contributed by atoms with van der Waals surface area (Å²) in [4.78, 5) is 26.3. The van der Waals surface area contributed by atoms with Gasteiger partial charge in [-0.3, -0.25) is 9.69 Å². The summed E-state index contributed by atoms with van der Waals surface area (Å²) in [5.74, 6) is 1.08. The first-order valence-electron chi connectivity index (χ1n) is 11.4. The average molecular weight is 429 g/mol. The standard InChI is InChI=1S/C27H32N4O/c1-4-25-28-17-22(18-29-25)19-31-15-14-27(20-31,26(32)30(2)3)16-21-10-12-24(13-11-21)23-8-6-5-7-9-23/h5-13,17-18H,4,14-16,19-20H2,1-3H3/t27-/m0/s1. The molecule has 1 aliphatic heterocycles. The molecule has 0 unspecified atom stereocenters. The minimum Gasteiger partial charge on any atom is -0.348 e. The number of amides is 1. The summed E-state index contributed by atoms with van der Waals surface area (Å²) in [6.45, 7) is 4.49. The van der Waals surface area contributed by atoms with E-state index in [0.717, 1.165) is 50.3 Å². The third-order valence-electron chi connectivity index (χ3n) is 6.38. The predicted molar refractivity (Wildman–Crippen MR) is 128 cm³/mol. The second kappa shape index (κ2) is 9.61. The average Bonchev–Trinajstić information content (AvgIpc) is 3.23. The van der Waals surface area contributed by atoms with Crippen LogP contribution in [0.25, 0.3) is 11.1 Å². The van der Waals surface area contributed by atoms with Gasteiger partial charge in [-0.2, -0.15) is 0 Å². The zero-order chi connectivity index (χ0) is 22.6. The van der Waals surface area contributed by atoms with Crippen LogP contribution < -0.4 is 0 Å². The van der Waals surface area contributed by atoms with Crippen molar-refractivity contribution in [3.63, 3.8) is 0 Å². The van der Waals surface area contributed by atoms with Crippen molar-refractivity contribution in [3.05, 3.63) is 83.9 Å². The zero-order valence-corrected chi connectivity index (χ0v) is 19.3. The molecule has 0 radical (unpaired) electrons.